The number of nitriles is 1. The van der Waals surface area contributed by atoms with E-state index in [1.807, 2.05) is 0 Å². The second kappa shape index (κ2) is 5.08. The number of alkyl halides is 3. The third kappa shape index (κ3) is 2.48. The predicted molar refractivity (Wildman–Crippen MR) is 75.1 cm³/mol. The lowest BCUT2D eigenvalue weighted by Gasteiger charge is -2.38. The van der Waals surface area contributed by atoms with E-state index < -0.39 is 17.5 Å². The Hall–Kier alpha value is -2.37. The molecule has 2 aromatic rings. The molecular formula is C15H13F3N4O. The molecule has 120 valence electrons. The number of halogens is 3. The molecule has 5 nitrogen and oxygen atoms in total. The summed E-state index contributed by atoms with van der Waals surface area (Å²) < 4.78 is 40.4. The van der Waals surface area contributed by atoms with Crippen LogP contribution in [0.4, 0.5) is 13.2 Å². The number of aliphatic hydroxyl groups is 1. The fourth-order valence-corrected chi connectivity index (χ4v) is 2.64. The average Bonchev–Trinajstić information content (AvgIpc) is 2.81. The third-order valence-corrected chi connectivity index (χ3v) is 3.97. The van der Waals surface area contributed by atoms with Crippen LogP contribution in [0.2, 0.25) is 0 Å². The Balaban J connectivity index is 2.10. The van der Waals surface area contributed by atoms with Crippen LogP contribution in [0.1, 0.15) is 17.0 Å². The molecule has 0 aliphatic carbocycles. The van der Waals surface area contributed by atoms with Crippen molar-refractivity contribution in [1.82, 2.24) is 15.1 Å². The normalized spacial score (nSPS) is 16.7. The highest BCUT2D eigenvalue weighted by Crippen LogP contribution is 2.38. The molecule has 0 radical (unpaired) electrons. The molecule has 0 amide bonds. The van der Waals surface area contributed by atoms with Crippen LogP contribution in [0.15, 0.2) is 24.3 Å². The first kappa shape index (κ1) is 15.5. The molecule has 0 unspecified atom stereocenters. The summed E-state index contributed by atoms with van der Waals surface area (Å²) in [5.74, 6) is 0. The van der Waals surface area contributed by atoms with E-state index >= 15 is 0 Å². The Morgan fingerprint density at radius 1 is 1.30 bits per heavy atom. The zero-order chi connectivity index (χ0) is 16.8. The Labute approximate surface area is 130 Å². The summed E-state index contributed by atoms with van der Waals surface area (Å²) in [5, 5.41) is 25.7. The minimum atomic E-state index is -4.66. The van der Waals surface area contributed by atoms with Gasteiger partial charge in [-0.2, -0.15) is 23.5 Å². The van der Waals surface area contributed by atoms with Crippen molar-refractivity contribution in [2.75, 3.05) is 13.1 Å². The third-order valence-electron chi connectivity index (χ3n) is 3.97. The van der Waals surface area contributed by atoms with E-state index in [9.17, 15) is 18.3 Å². The Bertz CT molecular complexity index is 783. The summed E-state index contributed by atoms with van der Waals surface area (Å²) >= 11 is 0. The van der Waals surface area contributed by atoms with Gasteiger partial charge in [-0.15, -0.1) is 0 Å². The molecule has 2 N–H and O–H groups in total. The van der Waals surface area contributed by atoms with Crippen molar-refractivity contribution in [2.24, 2.45) is 7.05 Å². The molecule has 0 spiro atoms. The number of nitrogens with zero attached hydrogens (tertiary/aromatic N) is 3. The molecule has 0 bridgehead atoms. The standard InChI is InChI=1S/C15H13F3N4O/c1-22-11(6-19)12(13(21-22)15(16,17)18)9-2-4-10(5-3-9)14(23)7-20-8-14/h2-5,20,23H,7-8H2,1H3. The highest BCUT2D eigenvalue weighted by Gasteiger charge is 2.40. The smallest absolute Gasteiger partial charge is 0.382 e. The molecule has 1 aliphatic heterocycles. The Kier molecular flexibility index (Phi) is 3.43. The van der Waals surface area contributed by atoms with Crippen LogP contribution in [0, 0.1) is 11.3 Å². The van der Waals surface area contributed by atoms with Crippen LogP contribution in [0.3, 0.4) is 0 Å². The van der Waals surface area contributed by atoms with Crippen molar-refractivity contribution in [3.8, 4) is 17.2 Å². The van der Waals surface area contributed by atoms with Crippen molar-refractivity contribution < 1.29 is 18.3 Å². The first-order chi connectivity index (χ1) is 10.8. The zero-order valence-electron chi connectivity index (χ0n) is 12.1. The summed E-state index contributed by atoms with van der Waals surface area (Å²) in [7, 11) is 1.30. The molecule has 1 saturated heterocycles. The number of rotatable bonds is 2. The second-order valence-corrected chi connectivity index (χ2v) is 5.52. The van der Waals surface area contributed by atoms with Gasteiger partial charge in [0.2, 0.25) is 0 Å². The molecule has 1 aromatic heterocycles. The van der Waals surface area contributed by atoms with Gasteiger partial charge < -0.3 is 10.4 Å². The lowest BCUT2D eigenvalue weighted by molar-refractivity contribution is -0.140. The summed E-state index contributed by atoms with van der Waals surface area (Å²) in [6.07, 6.45) is -4.66. The fraction of sp³-hybridized carbons (Fsp3) is 0.333. The summed E-state index contributed by atoms with van der Waals surface area (Å²) in [6, 6.07) is 7.85. The Morgan fingerprint density at radius 3 is 2.35 bits per heavy atom. The molecule has 2 heterocycles. The quantitative estimate of drug-likeness (QED) is 0.884. The van der Waals surface area contributed by atoms with E-state index in [1.165, 1.54) is 19.2 Å². The van der Waals surface area contributed by atoms with Gasteiger partial charge >= 0.3 is 6.18 Å². The van der Waals surface area contributed by atoms with Gasteiger partial charge in [-0.05, 0) is 11.1 Å². The zero-order valence-corrected chi connectivity index (χ0v) is 12.1. The van der Waals surface area contributed by atoms with E-state index in [-0.39, 0.29) is 16.8 Å². The van der Waals surface area contributed by atoms with E-state index in [2.05, 4.69) is 10.4 Å². The van der Waals surface area contributed by atoms with Crippen molar-refractivity contribution >= 4 is 0 Å². The molecule has 0 atom stereocenters. The molecule has 1 aromatic carbocycles. The van der Waals surface area contributed by atoms with Crippen LogP contribution >= 0.6 is 0 Å². The number of aryl methyl sites for hydroxylation is 1. The van der Waals surface area contributed by atoms with Crippen molar-refractivity contribution in [3.63, 3.8) is 0 Å². The SMILES string of the molecule is Cn1nc(C(F)(F)F)c(-c2ccc(C3(O)CNC3)cc2)c1C#N. The summed E-state index contributed by atoms with van der Waals surface area (Å²) in [5.41, 5.74) is -1.62. The molecule has 8 heteroatoms. The van der Waals surface area contributed by atoms with Gasteiger partial charge in [-0.3, -0.25) is 4.68 Å². The number of nitrogens with one attached hydrogen (secondary N) is 1. The van der Waals surface area contributed by atoms with Gasteiger partial charge in [0.05, 0.1) is 5.56 Å². The number of hydrogen-bond acceptors (Lipinski definition) is 4. The van der Waals surface area contributed by atoms with Gasteiger partial charge in [0.1, 0.15) is 17.4 Å². The molecule has 1 aliphatic rings. The van der Waals surface area contributed by atoms with Gasteiger partial charge in [-0.1, -0.05) is 24.3 Å². The maximum absolute atomic E-state index is 13.2. The van der Waals surface area contributed by atoms with Crippen LogP contribution in [-0.4, -0.2) is 28.0 Å². The maximum Gasteiger partial charge on any atom is 0.435 e. The number of aromatic nitrogens is 2. The monoisotopic (exact) mass is 322 g/mol. The van der Waals surface area contributed by atoms with E-state index in [0.29, 0.717) is 18.7 Å². The minimum absolute atomic E-state index is 0.158. The van der Waals surface area contributed by atoms with E-state index in [1.54, 1.807) is 18.2 Å². The van der Waals surface area contributed by atoms with Gasteiger partial charge in [-0.25, -0.2) is 0 Å². The second-order valence-electron chi connectivity index (χ2n) is 5.52. The van der Waals surface area contributed by atoms with Crippen molar-refractivity contribution in [2.45, 2.75) is 11.8 Å². The number of β-amino-alcohol motifs (C(OH)–C–C–N with tert-alkyl or cyclic N) is 1. The van der Waals surface area contributed by atoms with Gasteiger partial charge in [0, 0.05) is 20.1 Å². The largest absolute Gasteiger partial charge is 0.435 e. The highest BCUT2D eigenvalue weighted by molar-refractivity contribution is 5.72. The van der Waals surface area contributed by atoms with Gasteiger partial charge in [0.15, 0.2) is 5.69 Å². The fourth-order valence-electron chi connectivity index (χ4n) is 2.64. The predicted octanol–water partition coefficient (Wildman–Crippen LogP) is 1.77. The van der Waals surface area contributed by atoms with Crippen LogP contribution in [0.25, 0.3) is 11.1 Å². The first-order valence-corrected chi connectivity index (χ1v) is 6.84. The topological polar surface area (TPSA) is 73.9 Å². The van der Waals surface area contributed by atoms with Crippen LogP contribution in [0.5, 0.6) is 0 Å². The summed E-state index contributed by atoms with van der Waals surface area (Å²) in [6.45, 7) is 0.799. The van der Waals surface area contributed by atoms with E-state index in [4.69, 9.17) is 5.26 Å². The lowest BCUT2D eigenvalue weighted by atomic mass is 9.87. The van der Waals surface area contributed by atoms with Crippen LogP contribution in [-0.2, 0) is 18.8 Å². The molecule has 0 saturated carbocycles. The molecule has 3 rings (SSSR count). The molecule has 23 heavy (non-hydrogen) atoms. The Morgan fingerprint density at radius 2 is 1.91 bits per heavy atom. The maximum atomic E-state index is 13.2. The van der Waals surface area contributed by atoms with Crippen LogP contribution < -0.4 is 5.32 Å². The number of benzene rings is 1. The van der Waals surface area contributed by atoms with E-state index in [0.717, 1.165) is 4.68 Å². The van der Waals surface area contributed by atoms with Crippen molar-refractivity contribution in [3.05, 3.63) is 41.2 Å². The minimum Gasteiger partial charge on any atom is -0.382 e. The lowest BCUT2D eigenvalue weighted by Crippen LogP contribution is -2.56. The average molecular weight is 322 g/mol. The van der Waals surface area contributed by atoms with Gasteiger partial charge in [0.25, 0.3) is 0 Å². The first-order valence-electron chi connectivity index (χ1n) is 6.84. The number of hydrogen-bond donors (Lipinski definition) is 2. The summed E-state index contributed by atoms with van der Waals surface area (Å²) in [4.78, 5) is 0. The molecule has 1 fully saturated rings. The van der Waals surface area contributed by atoms with Crippen molar-refractivity contribution in [1.29, 1.82) is 5.26 Å². The highest BCUT2D eigenvalue weighted by atomic mass is 19.4. The molecular weight excluding hydrogens is 309 g/mol.